The van der Waals surface area contributed by atoms with Crippen LogP contribution in [0.4, 0.5) is 4.39 Å². The Morgan fingerprint density at radius 3 is 2.33 bits per heavy atom. The summed E-state index contributed by atoms with van der Waals surface area (Å²) in [5.41, 5.74) is 1.21. The third kappa shape index (κ3) is 5.61. The van der Waals surface area contributed by atoms with Crippen LogP contribution in [-0.2, 0) is 0 Å². The molecule has 1 aromatic rings. The van der Waals surface area contributed by atoms with Gasteiger partial charge in [0.05, 0.1) is 0 Å². The third-order valence-corrected chi connectivity index (χ3v) is 3.53. The second-order valence-corrected chi connectivity index (χ2v) is 5.10. The lowest BCUT2D eigenvalue weighted by atomic mass is 9.89. The zero-order valence-corrected chi connectivity index (χ0v) is 11.8. The van der Waals surface area contributed by atoms with Gasteiger partial charge in [-0.2, -0.15) is 4.39 Å². The molecule has 0 aliphatic carbocycles. The SMILES string of the molecule is CCCCCCC(CCCC)c1ccc(F)nc1. The normalized spacial score (nSPS) is 12.6. The average Bonchev–Trinajstić information content (AvgIpc) is 2.39. The maximum absolute atomic E-state index is 12.8. The largest absolute Gasteiger partial charge is 0.228 e. The van der Waals surface area contributed by atoms with Crippen LogP contribution in [0.25, 0.3) is 0 Å². The fourth-order valence-electron chi connectivity index (χ4n) is 2.37. The zero-order valence-electron chi connectivity index (χ0n) is 11.8. The highest BCUT2D eigenvalue weighted by molar-refractivity contribution is 5.15. The standard InChI is InChI=1S/C16H26FN/c1-3-5-7-8-10-14(9-6-4-2)15-11-12-16(17)18-13-15/h11-14H,3-10H2,1-2H3. The van der Waals surface area contributed by atoms with Crippen LogP contribution in [0, 0.1) is 5.95 Å². The van der Waals surface area contributed by atoms with Gasteiger partial charge in [0.15, 0.2) is 0 Å². The van der Waals surface area contributed by atoms with Crippen LogP contribution in [0.15, 0.2) is 18.3 Å². The van der Waals surface area contributed by atoms with Gasteiger partial charge < -0.3 is 0 Å². The van der Waals surface area contributed by atoms with Gasteiger partial charge in [-0.15, -0.1) is 0 Å². The van der Waals surface area contributed by atoms with Gasteiger partial charge in [0.25, 0.3) is 0 Å². The van der Waals surface area contributed by atoms with Crippen LogP contribution < -0.4 is 0 Å². The Hall–Kier alpha value is -0.920. The molecular formula is C16H26FN. The van der Waals surface area contributed by atoms with Crippen molar-refractivity contribution in [2.75, 3.05) is 0 Å². The van der Waals surface area contributed by atoms with E-state index < -0.39 is 0 Å². The van der Waals surface area contributed by atoms with Crippen LogP contribution in [0.5, 0.6) is 0 Å². The van der Waals surface area contributed by atoms with Crippen LogP contribution in [-0.4, -0.2) is 4.98 Å². The molecule has 0 amide bonds. The summed E-state index contributed by atoms with van der Waals surface area (Å²) in [6.45, 7) is 4.45. The van der Waals surface area contributed by atoms with Gasteiger partial charge >= 0.3 is 0 Å². The van der Waals surface area contributed by atoms with Gasteiger partial charge in [-0.1, -0.05) is 58.4 Å². The van der Waals surface area contributed by atoms with Crippen LogP contribution >= 0.6 is 0 Å². The second kappa shape index (κ2) is 9.07. The number of pyridine rings is 1. The third-order valence-electron chi connectivity index (χ3n) is 3.53. The molecule has 2 heteroatoms. The van der Waals surface area contributed by atoms with Gasteiger partial charge in [-0.25, -0.2) is 4.98 Å². The van der Waals surface area contributed by atoms with E-state index in [1.807, 2.05) is 6.07 Å². The first kappa shape index (κ1) is 15.1. The van der Waals surface area contributed by atoms with E-state index in [1.165, 1.54) is 63.0 Å². The summed E-state index contributed by atoms with van der Waals surface area (Å²) in [5, 5.41) is 0. The summed E-state index contributed by atoms with van der Waals surface area (Å²) in [6, 6.07) is 3.39. The topological polar surface area (TPSA) is 12.9 Å². The lowest BCUT2D eigenvalue weighted by Crippen LogP contribution is -2.01. The van der Waals surface area contributed by atoms with Crippen molar-refractivity contribution in [1.82, 2.24) is 4.98 Å². The van der Waals surface area contributed by atoms with E-state index in [0.717, 1.165) is 0 Å². The molecule has 0 spiro atoms. The van der Waals surface area contributed by atoms with E-state index in [-0.39, 0.29) is 5.95 Å². The molecule has 1 nitrogen and oxygen atoms in total. The molecule has 1 unspecified atom stereocenters. The smallest absolute Gasteiger partial charge is 0.212 e. The lowest BCUT2D eigenvalue weighted by molar-refractivity contribution is 0.504. The molecule has 0 N–H and O–H groups in total. The monoisotopic (exact) mass is 251 g/mol. The maximum atomic E-state index is 12.8. The molecule has 0 saturated carbocycles. The summed E-state index contributed by atoms with van der Waals surface area (Å²) in [6.07, 6.45) is 11.8. The molecule has 0 fully saturated rings. The van der Waals surface area contributed by atoms with Crippen molar-refractivity contribution in [2.24, 2.45) is 0 Å². The highest BCUT2D eigenvalue weighted by atomic mass is 19.1. The first-order valence-electron chi connectivity index (χ1n) is 7.39. The average molecular weight is 251 g/mol. The predicted molar refractivity (Wildman–Crippen MR) is 75.2 cm³/mol. The number of nitrogens with zero attached hydrogens (tertiary/aromatic N) is 1. The minimum absolute atomic E-state index is 0.376. The Labute approximate surface area is 111 Å². The maximum Gasteiger partial charge on any atom is 0.212 e. The molecular weight excluding hydrogens is 225 g/mol. The van der Waals surface area contributed by atoms with Gasteiger partial charge in [-0.05, 0) is 30.4 Å². The summed E-state index contributed by atoms with van der Waals surface area (Å²) in [5.74, 6) is 0.189. The molecule has 18 heavy (non-hydrogen) atoms. The van der Waals surface area contributed by atoms with Gasteiger partial charge in [0.2, 0.25) is 5.95 Å². The minimum atomic E-state index is -0.376. The van der Waals surface area contributed by atoms with Crippen molar-refractivity contribution in [1.29, 1.82) is 0 Å². The molecule has 1 atom stereocenters. The minimum Gasteiger partial charge on any atom is -0.228 e. The molecule has 0 saturated heterocycles. The molecule has 0 aromatic carbocycles. The molecule has 1 aromatic heterocycles. The van der Waals surface area contributed by atoms with Crippen LogP contribution in [0.2, 0.25) is 0 Å². The summed E-state index contributed by atoms with van der Waals surface area (Å²) >= 11 is 0. The molecule has 102 valence electrons. The van der Waals surface area contributed by atoms with E-state index in [9.17, 15) is 4.39 Å². The number of halogens is 1. The molecule has 0 aliphatic rings. The molecule has 1 rings (SSSR count). The first-order chi connectivity index (χ1) is 8.77. The van der Waals surface area contributed by atoms with Crippen LogP contribution in [0.1, 0.15) is 76.7 Å². The highest BCUT2D eigenvalue weighted by Crippen LogP contribution is 2.27. The summed E-state index contributed by atoms with van der Waals surface area (Å²) < 4.78 is 12.8. The number of unbranched alkanes of at least 4 members (excludes halogenated alkanes) is 4. The van der Waals surface area contributed by atoms with Crippen molar-refractivity contribution in [2.45, 2.75) is 71.1 Å². The van der Waals surface area contributed by atoms with Gasteiger partial charge in [0.1, 0.15) is 0 Å². The van der Waals surface area contributed by atoms with Crippen molar-refractivity contribution in [3.05, 3.63) is 29.8 Å². The zero-order chi connectivity index (χ0) is 13.2. The molecule has 0 radical (unpaired) electrons. The van der Waals surface area contributed by atoms with Crippen molar-refractivity contribution in [3.8, 4) is 0 Å². The second-order valence-electron chi connectivity index (χ2n) is 5.10. The van der Waals surface area contributed by atoms with E-state index in [4.69, 9.17) is 0 Å². The quantitative estimate of drug-likeness (QED) is 0.419. The summed E-state index contributed by atoms with van der Waals surface area (Å²) in [7, 11) is 0. The number of hydrogen-bond donors (Lipinski definition) is 0. The number of hydrogen-bond acceptors (Lipinski definition) is 1. The Morgan fingerprint density at radius 2 is 1.72 bits per heavy atom. The molecule has 0 aliphatic heterocycles. The van der Waals surface area contributed by atoms with Crippen molar-refractivity contribution < 1.29 is 4.39 Å². The predicted octanol–water partition coefficient (Wildman–Crippen LogP) is 5.46. The molecule has 1 heterocycles. The Kier molecular flexibility index (Phi) is 7.63. The van der Waals surface area contributed by atoms with E-state index >= 15 is 0 Å². The Balaban J connectivity index is 2.51. The van der Waals surface area contributed by atoms with E-state index in [2.05, 4.69) is 18.8 Å². The number of rotatable bonds is 9. The Bertz CT molecular complexity index is 307. The van der Waals surface area contributed by atoms with Gasteiger partial charge in [-0.3, -0.25) is 0 Å². The summed E-state index contributed by atoms with van der Waals surface area (Å²) in [4.78, 5) is 3.79. The van der Waals surface area contributed by atoms with Crippen molar-refractivity contribution >= 4 is 0 Å². The van der Waals surface area contributed by atoms with Gasteiger partial charge in [0, 0.05) is 6.20 Å². The van der Waals surface area contributed by atoms with E-state index in [1.54, 1.807) is 6.20 Å². The highest BCUT2D eigenvalue weighted by Gasteiger charge is 2.11. The van der Waals surface area contributed by atoms with Crippen LogP contribution in [0.3, 0.4) is 0 Å². The first-order valence-corrected chi connectivity index (χ1v) is 7.39. The lowest BCUT2D eigenvalue weighted by Gasteiger charge is -2.16. The molecule has 0 bridgehead atoms. The fourth-order valence-corrected chi connectivity index (χ4v) is 2.37. The Morgan fingerprint density at radius 1 is 1.00 bits per heavy atom. The fraction of sp³-hybridized carbons (Fsp3) is 0.688. The number of aromatic nitrogens is 1. The van der Waals surface area contributed by atoms with E-state index in [0.29, 0.717) is 5.92 Å². The van der Waals surface area contributed by atoms with Crippen molar-refractivity contribution in [3.63, 3.8) is 0 Å².